The summed E-state index contributed by atoms with van der Waals surface area (Å²) in [6.07, 6.45) is 2.21. The van der Waals surface area contributed by atoms with Crippen molar-refractivity contribution < 1.29 is 0 Å². The number of nitrogen functional groups attached to an aromatic ring is 1. The van der Waals surface area contributed by atoms with Crippen LogP contribution < -0.4 is 16.4 Å². The van der Waals surface area contributed by atoms with Crippen molar-refractivity contribution in [2.45, 2.75) is 18.3 Å². The molecule has 2 heterocycles. The molecule has 0 aliphatic carbocycles. The lowest BCUT2D eigenvalue weighted by molar-refractivity contribution is 0.367. The number of benzene rings is 1. The molecular formula is C13H17N3. The van der Waals surface area contributed by atoms with E-state index < -0.39 is 0 Å². The van der Waals surface area contributed by atoms with Crippen LogP contribution in [0.3, 0.4) is 0 Å². The largest absolute Gasteiger partial charge is 0.399 e. The van der Waals surface area contributed by atoms with Gasteiger partial charge in [-0.25, -0.2) is 0 Å². The highest BCUT2D eigenvalue weighted by molar-refractivity contribution is 5.71. The summed E-state index contributed by atoms with van der Waals surface area (Å²) < 4.78 is 0. The summed E-state index contributed by atoms with van der Waals surface area (Å²) >= 11 is 0. The summed E-state index contributed by atoms with van der Waals surface area (Å²) in [4.78, 5) is 0. The number of allylic oxidation sites excluding steroid dienone is 1. The molecule has 1 saturated heterocycles. The molecule has 0 radical (unpaired) electrons. The molecule has 84 valence electrons. The van der Waals surface area contributed by atoms with Gasteiger partial charge in [0, 0.05) is 22.5 Å². The number of piperidine rings is 1. The van der Waals surface area contributed by atoms with Crippen LogP contribution in [0.1, 0.15) is 18.4 Å². The first-order valence-electron chi connectivity index (χ1n) is 5.79. The fourth-order valence-corrected chi connectivity index (χ4v) is 2.94. The Morgan fingerprint density at radius 1 is 1.25 bits per heavy atom. The quantitative estimate of drug-likeness (QED) is 0.579. The molecule has 1 aromatic rings. The van der Waals surface area contributed by atoms with Gasteiger partial charge < -0.3 is 16.4 Å². The minimum absolute atomic E-state index is 0.107. The number of fused-ring (bicyclic) bond motifs is 2. The van der Waals surface area contributed by atoms with Gasteiger partial charge in [0.05, 0.1) is 0 Å². The van der Waals surface area contributed by atoms with Crippen LogP contribution in [0.25, 0.3) is 0 Å². The third-order valence-electron chi connectivity index (χ3n) is 3.88. The first-order valence-corrected chi connectivity index (χ1v) is 5.79. The Hall–Kier alpha value is -1.48. The van der Waals surface area contributed by atoms with E-state index in [9.17, 15) is 0 Å². The fourth-order valence-electron chi connectivity index (χ4n) is 2.94. The van der Waals surface area contributed by atoms with Crippen LogP contribution in [0.4, 0.5) is 11.4 Å². The van der Waals surface area contributed by atoms with E-state index in [2.05, 4.69) is 29.3 Å². The van der Waals surface area contributed by atoms with Gasteiger partial charge in [-0.15, -0.1) is 0 Å². The lowest BCUT2D eigenvalue weighted by Gasteiger charge is -2.35. The first-order chi connectivity index (χ1) is 7.72. The van der Waals surface area contributed by atoms with Crippen LogP contribution in [0.2, 0.25) is 0 Å². The SMILES string of the molecule is C=C1Nc2ccc(N)cc2C12CCNCC2. The normalized spacial score (nSPS) is 21.9. The molecule has 4 N–H and O–H groups in total. The summed E-state index contributed by atoms with van der Waals surface area (Å²) in [5.41, 5.74) is 10.5. The predicted octanol–water partition coefficient (Wildman–Crippen LogP) is 1.83. The molecule has 0 unspecified atom stereocenters. The summed E-state index contributed by atoms with van der Waals surface area (Å²) in [7, 11) is 0. The molecule has 16 heavy (non-hydrogen) atoms. The smallest absolute Gasteiger partial charge is 0.0425 e. The molecule has 0 saturated carbocycles. The highest BCUT2D eigenvalue weighted by Gasteiger charge is 2.42. The van der Waals surface area contributed by atoms with Gasteiger partial charge in [-0.05, 0) is 49.7 Å². The Morgan fingerprint density at radius 2 is 2.00 bits per heavy atom. The van der Waals surface area contributed by atoms with Gasteiger partial charge in [0.1, 0.15) is 0 Å². The molecule has 1 aromatic carbocycles. The van der Waals surface area contributed by atoms with E-state index in [4.69, 9.17) is 5.73 Å². The van der Waals surface area contributed by atoms with E-state index in [0.717, 1.165) is 37.3 Å². The molecule has 3 rings (SSSR count). The van der Waals surface area contributed by atoms with Gasteiger partial charge in [-0.1, -0.05) is 6.58 Å². The molecular weight excluding hydrogens is 198 g/mol. The van der Waals surface area contributed by atoms with Crippen molar-refractivity contribution in [2.75, 3.05) is 24.1 Å². The van der Waals surface area contributed by atoms with Gasteiger partial charge in [-0.2, -0.15) is 0 Å². The van der Waals surface area contributed by atoms with E-state index in [0.29, 0.717) is 0 Å². The number of rotatable bonds is 0. The maximum Gasteiger partial charge on any atom is 0.0425 e. The predicted molar refractivity (Wildman–Crippen MR) is 67.4 cm³/mol. The lowest BCUT2D eigenvalue weighted by Crippen LogP contribution is -2.39. The summed E-state index contributed by atoms with van der Waals surface area (Å²) in [6, 6.07) is 6.11. The van der Waals surface area contributed by atoms with Gasteiger partial charge in [0.15, 0.2) is 0 Å². The van der Waals surface area contributed by atoms with E-state index in [1.807, 2.05) is 6.07 Å². The highest BCUT2D eigenvalue weighted by Crippen LogP contribution is 2.48. The van der Waals surface area contributed by atoms with Crippen molar-refractivity contribution >= 4 is 11.4 Å². The fraction of sp³-hybridized carbons (Fsp3) is 0.385. The van der Waals surface area contributed by atoms with Crippen LogP contribution in [0, 0.1) is 0 Å². The maximum atomic E-state index is 5.89. The van der Waals surface area contributed by atoms with Gasteiger partial charge in [-0.3, -0.25) is 0 Å². The average Bonchev–Trinajstić information content (AvgIpc) is 2.55. The zero-order valence-electron chi connectivity index (χ0n) is 9.34. The third kappa shape index (κ3) is 1.18. The van der Waals surface area contributed by atoms with Crippen molar-refractivity contribution in [1.82, 2.24) is 5.32 Å². The molecule has 1 spiro atoms. The number of nitrogens with one attached hydrogen (secondary N) is 2. The molecule has 0 aromatic heterocycles. The zero-order chi connectivity index (χ0) is 11.2. The molecule has 0 atom stereocenters. The first kappa shape index (κ1) is 9.73. The number of hydrogen-bond donors (Lipinski definition) is 3. The summed E-state index contributed by atoms with van der Waals surface area (Å²) in [6.45, 7) is 6.30. The van der Waals surface area contributed by atoms with E-state index >= 15 is 0 Å². The standard InChI is InChI=1S/C13H17N3/c1-9-13(4-6-15-7-5-13)11-8-10(14)2-3-12(11)16-9/h2-3,8,15-16H,1,4-7,14H2. The topological polar surface area (TPSA) is 50.1 Å². The second kappa shape index (κ2) is 3.25. The summed E-state index contributed by atoms with van der Waals surface area (Å²) in [5.74, 6) is 0. The van der Waals surface area contributed by atoms with Crippen molar-refractivity contribution in [3.63, 3.8) is 0 Å². The Balaban J connectivity index is 2.13. The molecule has 0 bridgehead atoms. The Morgan fingerprint density at radius 3 is 2.75 bits per heavy atom. The number of anilines is 2. The van der Waals surface area contributed by atoms with Gasteiger partial charge in [0.25, 0.3) is 0 Å². The maximum absolute atomic E-state index is 5.89. The van der Waals surface area contributed by atoms with Gasteiger partial charge in [0.2, 0.25) is 0 Å². The minimum atomic E-state index is 0.107. The van der Waals surface area contributed by atoms with Crippen LogP contribution in [0.15, 0.2) is 30.5 Å². The minimum Gasteiger partial charge on any atom is -0.399 e. The number of nitrogens with two attached hydrogens (primary N) is 1. The molecule has 1 fully saturated rings. The van der Waals surface area contributed by atoms with E-state index in [1.165, 1.54) is 11.3 Å². The molecule has 3 nitrogen and oxygen atoms in total. The number of hydrogen-bond acceptors (Lipinski definition) is 3. The summed E-state index contributed by atoms with van der Waals surface area (Å²) in [5, 5.41) is 6.81. The second-order valence-corrected chi connectivity index (χ2v) is 4.74. The van der Waals surface area contributed by atoms with Crippen LogP contribution in [0.5, 0.6) is 0 Å². The van der Waals surface area contributed by atoms with E-state index in [-0.39, 0.29) is 5.41 Å². The Bertz CT molecular complexity index is 444. The Labute approximate surface area is 95.7 Å². The third-order valence-corrected chi connectivity index (χ3v) is 3.88. The van der Waals surface area contributed by atoms with Gasteiger partial charge >= 0.3 is 0 Å². The molecule has 3 heteroatoms. The van der Waals surface area contributed by atoms with E-state index in [1.54, 1.807) is 0 Å². The second-order valence-electron chi connectivity index (χ2n) is 4.74. The highest BCUT2D eigenvalue weighted by atomic mass is 15.0. The van der Waals surface area contributed by atoms with Crippen molar-refractivity contribution in [1.29, 1.82) is 0 Å². The molecule has 2 aliphatic rings. The molecule has 2 aliphatic heterocycles. The lowest BCUT2D eigenvalue weighted by atomic mass is 9.73. The van der Waals surface area contributed by atoms with Crippen LogP contribution >= 0.6 is 0 Å². The van der Waals surface area contributed by atoms with Crippen molar-refractivity contribution in [2.24, 2.45) is 0 Å². The monoisotopic (exact) mass is 215 g/mol. The average molecular weight is 215 g/mol. The van der Waals surface area contributed by atoms with Crippen molar-refractivity contribution in [3.8, 4) is 0 Å². The van der Waals surface area contributed by atoms with Crippen LogP contribution in [-0.2, 0) is 5.41 Å². The Kier molecular flexibility index (Phi) is 1.98. The zero-order valence-corrected chi connectivity index (χ0v) is 9.34. The van der Waals surface area contributed by atoms with Crippen LogP contribution in [-0.4, -0.2) is 13.1 Å². The molecule has 0 amide bonds. The van der Waals surface area contributed by atoms with Crippen molar-refractivity contribution in [3.05, 3.63) is 36.0 Å².